The topological polar surface area (TPSA) is 29.9 Å². The molecule has 0 aliphatic carbocycles. The van der Waals surface area contributed by atoms with E-state index in [2.05, 4.69) is 17.3 Å². The van der Waals surface area contributed by atoms with Gasteiger partial charge in [0.2, 0.25) is 0 Å². The predicted molar refractivity (Wildman–Crippen MR) is 74.4 cm³/mol. The summed E-state index contributed by atoms with van der Waals surface area (Å²) < 4.78 is 15.0. The van der Waals surface area contributed by atoms with Crippen molar-refractivity contribution in [2.45, 2.75) is 33.4 Å². The van der Waals surface area contributed by atoms with Crippen LogP contribution in [0.15, 0.2) is 30.5 Å². The fraction of sp³-hybridized carbons (Fsp3) is 0.400. The van der Waals surface area contributed by atoms with Crippen LogP contribution in [0.25, 0.3) is 0 Å². The fourth-order valence-electron chi connectivity index (χ4n) is 2.17. The molecule has 1 aromatic carbocycles. The lowest BCUT2D eigenvalue weighted by Gasteiger charge is -2.08. The minimum absolute atomic E-state index is 0.166. The van der Waals surface area contributed by atoms with E-state index in [0.29, 0.717) is 0 Å². The number of nitrogens with one attached hydrogen (secondary N) is 1. The fourth-order valence-corrected chi connectivity index (χ4v) is 2.17. The van der Waals surface area contributed by atoms with E-state index >= 15 is 0 Å². The van der Waals surface area contributed by atoms with Gasteiger partial charge in [0, 0.05) is 19.3 Å². The second-order valence-electron chi connectivity index (χ2n) is 4.64. The first-order valence-electron chi connectivity index (χ1n) is 6.67. The number of benzene rings is 1. The molecule has 0 amide bonds. The van der Waals surface area contributed by atoms with E-state index in [1.165, 1.54) is 17.3 Å². The molecule has 1 aromatic heterocycles. The van der Waals surface area contributed by atoms with Crippen LogP contribution in [0.2, 0.25) is 0 Å². The summed E-state index contributed by atoms with van der Waals surface area (Å²) in [6, 6.07) is 7.00. The molecule has 102 valence electrons. The number of aryl methyl sites for hydroxylation is 2. The number of halogens is 1. The lowest BCUT2D eigenvalue weighted by Crippen LogP contribution is -2.19. The molecule has 3 nitrogen and oxygen atoms in total. The molecule has 0 atom stereocenters. The van der Waals surface area contributed by atoms with E-state index in [9.17, 15) is 4.39 Å². The normalized spacial score (nSPS) is 10.9. The first-order valence-corrected chi connectivity index (χ1v) is 6.67. The summed E-state index contributed by atoms with van der Waals surface area (Å²) in [5, 5.41) is 7.63. The molecular weight excluding hydrogens is 241 g/mol. The highest BCUT2D eigenvalue weighted by Crippen LogP contribution is 2.10. The van der Waals surface area contributed by atoms with Crippen molar-refractivity contribution in [1.82, 2.24) is 15.1 Å². The molecule has 0 bridgehead atoms. The summed E-state index contributed by atoms with van der Waals surface area (Å²) in [5.41, 5.74) is 3.40. The Bertz CT molecular complexity index is 534. The predicted octanol–water partition coefficient (Wildman–Crippen LogP) is 2.68. The van der Waals surface area contributed by atoms with E-state index in [1.807, 2.05) is 29.9 Å². The van der Waals surface area contributed by atoms with Crippen molar-refractivity contribution in [3.8, 4) is 0 Å². The maximum atomic E-state index is 13.0. The van der Waals surface area contributed by atoms with Crippen LogP contribution in [0.4, 0.5) is 4.39 Å². The van der Waals surface area contributed by atoms with Crippen LogP contribution < -0.4 is 5.32 Å². The van der Waals surface area contributed by atoms with Gasteiger partial charge in [-0.2, -0.15) is 5.10 Å². The van der Waals surface area contributed by atoms with E-state index in [-0.39, 0.29) is 5.82 Å². The Kier molecular flexibility index (Phi) is 4.68. The molecule has 4 heteroatoms. The number of rotatable bonds is 6. The SMILES string of the molecule is CCn1nccc1CNCCc1ccc(F)cc1C. The maximum Gasteiger partial charge on any atom is 0.123 e. The van der Waals surface area contributed by atoms with Crippen LogP contribution in [0, 0.1) is 12.7 Å². The van der Waals surface area contributed by atoms with Crippen LogP contribution in [0.1, 0.15) is 23.7 Å². The molecule has 19 heavy (non-hydrogen) atoms. The molecule has 0 fully saturated rings. The minimum atomic E-state index is -0.166. The van der Waals surface area contributed by atoms with Gasteiger partial charge in [0.25, 0.3) is 0 Å². The van der Waals surface area contributed by atoms with Crippen molar-refractivity contribution in [2.75, 3.05) is 6.54 Å². The molecule has 0 saturated heterocycles. The molecule has 0 unspecified atom stereocenters. The Morgan fingerprint density at radius 1 is 1.32 bits per heavy atom. The average Bonchev–Trinajstić information content (AvgIpc) is 2.84. The molecule has 0 saturated carbocycles. The van der Waals surface area contributed by atoms with E-state index in [4.69, 9.17) is 0 Å². The molecule has 2 aromatic rings. The molecular formula is C15H20FN3. The van der Waals surface area contributed by atoms with Gasteiger partial charge in [-0.1, -0.05) is 6.07 Å². The van der Waals surface area contributed by atoms with Crippen LogP contribution in [0.5, 0.6) is 0 Å². The zero-order valence-electron chi connectivity index (χ0n) is 11.5. The largest absolute Gasteiger partial charge is 0.311 e. The summed E-state index contributed by atoms with van der Waals surface area (Å²) >= 11 is 0. The smallest absolute Gasteiger partial charge is 0.123 e. The zero-order chi connectivity index (χ0) is 13.7. The molecule has 0 aliphatic rings. The van der Waals surface area contributed by atoms with Crippen molar-refractivity contribution in [2.24, 2.45) is 0 Å². The van der Waals surface area contributed by atoms with Crippen LogP contribution in [-0.4, -0.2) is 16.3 Å². The Morgan fingerprint density at radius 3 is 2.89 bits per heavy atom. The van der Waals surface area contributed by atoms with Crippen molar-refractivity contribution in [1.29, 1.82) is 0 Å². The third kappa shape index (κ3) is 3.64. The van der Waals surface area contributed by atoms with Gasteiger partial charge in [-0.15, -0.1) is 0 Å². The summed E-state index contributed by atoms with van der Waals surface area (Å²) in [6.45, 7) is 6.61. The molecule has 2 rings (SSSR count). The van der Waals surface area contributed by atoms with Crippen LogP contribution >= 0.6 is 0 Å². The lowest BCUT2D eigenvalue weighted by atomic mass is 10.1. The highest BCUT2D eigenvalue weighted by atomic mass is 19.1. The average molecular weight is 261 g/mol. The maximum absolute atomic E-state index is 13.0. The summed E-state index contributed by atoms with van der Waals surface area (Å²) in [6.07, 6.45) is 2.73. The highest BCUT2D eigenvalue weighted by molar-refractivity contribution is 5.26. The summed E-state index contributed by atoms with van der Waals surface area (Å²) in [5.74, 6) is -0.166. The van der Waals surface area contributed by atoms with Gasteiger partial charge in [0.05, 0.1) is 5.69 Å². The van der Waals surface area contributed by atoms with Crippen molar-refractivity contribution >= 4 is 0 Å². The zero-order valence-corrected chi connectivity index (χ0v) is 11.5. The molecule has 1 N–H and O–H groups in total. The van der Waals surface area contributed by atoms with E-state index in [1.54, 1.807) is 6.07 Å². The lowest BCUT2D eigenvalue weighted by molar-refractivity contribution is 0.581. The number of aromatic nitrogens is 2. The van der Waals surface area contributed by atoms with Gasteiger partial charge in [-0.05, 0) is 56.1 Å². The Labute approximate surface area is 113 Å². The standard InChI is InChI=1S/C15H20FN3/c1-3-19-15(7-9-18-19)11-17-8-6-13-4-5-14(16)10-12(13)2/h4-5,7,9-10,17H,3,6,8,11H2,1-2H3. The van der Waals surface area contributed by atoms with Crippen LogP contribution in [0.3, 0.4) is 0 Å². The van der Waals surface area contributed by atoms with Gasteiger partial charge < -0.3 is 5.32 Å². The number of nitrogens with zero attached hydrogens (tertiary/aromatic N) is 2. The van der Waals surface area contributed by atoms with Crippen molar-refractivity contribution < 1.29 is 4.39 Å². The van der Waals surface area contributed by atoms with Gasteiger partial charge in [-0.3, -0.25) is 4.68 Å². The third-order valence-corrected chi connectivity index (χ3v) is 3.29. The molecule has 0 aliphatic heterocycles. The van der Waals surface area contributed by atoms with E-state index < -0.39 is 0 Å². The number of hydrogen-bond donors (Lipinski definition) is 1. The van der Waals surface area contributed by atoms with Gasteiger partial charge in [0.15, 0.2) is 0 Å². The van der Waals surface area contributed by atoms with Gasteiger partial charge in [-0.25, -0.2) is 4.39 Å². The van der Waals surface area contributed by atoms with Crippen molar-refractivity contribution in [3.63, 3.8) is 0 Å². The molecule has 1 heterocycles. The molecule has 0 spiro atoms. The van der Waals surface area contributed by atoms with Crippen LogP contribution in [-0.2, 0) is 19.5 Å². The Morgan fingerprint density at radius 2 is 2.16 bits per heavy atom. The third-order valence-electron chi connectivity index (χ3n) is 3.29. The monoisotopic (exact) mass is 261 g/mol. The first-order chi connectivity index (χ1) is 9.20. The Hall–Kier alpha value is -1.68. The summed E-state index contributed by atoms with van der Waals surface area (Å²) in [4.78, 5) is 0. The quantitative estimate of drug-likeness (QED) is 0.810. The second kappa shape index (κ2) is 6.48. The van der Waals surface area contributed by atoms with Crippen molar-refractivity contribution in [3.05, 3.63) is 53.1 Å². The molecule has 0 radical (unpaired) electrons. The van der Waals surface area contributed by atoms with E-state index in [0.717, 1.165) is 31.6 Å². The Balaban J connectivity index is 1.81. The van der Waals surface area contributed by atoms with Gasteiger partial charge >= 0.3 is 0 Å². The number of hydrogen-bond acceptors (Lipinski definition) is 2. The second-order valence-corrected chi connectivity index (χ2v) is 4.64. The van der Waals surface area contributed by atoms with Gasteiger partial charge in [0.1, 0.15) is 5.82 Å². The highest BCUT2D eigenvalue weighted by Gasteiger charge is 2.02. The minimum Gasteiger partial charge on any atom is -0.311 e. The summed E-state index contributed by atoms with van der Waals surface area (Å²) in [7, 11) is 0. The first kappa shape index (κ1) is 13.7.